The normalized spacial score (nSPS) is 15.9. The smallest absolute Gasteiger partial charge is 0.326 e. The lowest BCUT2D eigenvalue weighted by Gasteiger charge is -2.28. The molecule has 1 amide bonds. The highest BCUT2D eigenvalue weighted by molar-refractivity contribution is 7.99. The first kappa shape index (κ1) is 32.2. The highest BCUT2D eigenvalue weighted by atomic mass is 32.2. The van der Waals surface area contributed by atoms with Crippen molar-refractivity contribution in [1.82, 2.24) is 10.6 Å². The summed E-state index contributed by atoms with van der Waals surface area (Å²) in [6.07, 6.45) is 9.14. The largest absolute Gasteiger partial charge is 0.480 e. The van der Waals surface area contributed by atoms with E-state index in [9.17, 15) is 23.1 Å². The SMILES string of the molecule is CCSCC(CCc1ccc(C(=O)N[C@@H](CCS(C)(=O)=O)C(=O)O)c(-c2ccccc2C)c1)NC1CCCCC1. The maximum atomic E-state index is 13.4. The Morgan fingerprint density at radius 2 is 1.77 bits per heavy atom. The van der Waals surface area contributed by atoms with Crippen LogP contribution in [0.15, 0.2) is 42.5 Å². The number of aliphatic carboxylic acids is 1. The van der Waals surface area contributed by atoms with Gasteiger partial charge in [-0.15, -0.1) is 0 Å². The third kappa shape index (κ3) is 10.2. The molecular formula is C31H44N2O5S2. The first-order valence-electron chi connectivity index (χ1n) is 14.3. The summed E-state index contributed by atoms with van der Waals surface area (Å²) in [7, 11) is -3.37. The number of sulfone groups is 1. The molecule has 0 aromatic heterocycles. The Kier molecular flexibility index (Phi) is 12.5. The third-order valence-corrected chi connectivity index (χ3v) is 9.55. The second-order valence-corrected chi connectivity index (χ2v) is 14.5. The Hall–Kier alpha value is -2.36. The number of amides is 1. The third-order valence-electron chi connectivity index (χ3n) is 7.53. The number of carbonyl (C=O) groups is 2. The number of carboxylic acid groups (broad SMARTS) is 1. The first-order chi connectivity index (χ1) is 19.1. The molecule has 2 aromatic rings. The van der Waals surface area contributed by atoms with Gasteiger partial charge in [0.25, 0.3) is 5.91 Å². The van der Waals surface area contributed by atoms with Gasteiger partial charge in [-0.3, -0.25) is 4.79 Å². The summed E-state index contributed by atoms with van der Waals surface area (Å²) >= 11 is 1.96. The van der Waals surface area contributed by atoms with Crippen LogP contribution in [0.3, 0.4) is 0 Å². The van der Waals surface area contributed by atoms with Crippen molar-refractivity contribution in [3.8, 4) is 11.1 Å². The molecule has 220 valence electrons. The Labute approximate surface area is 243 Å². The van der Waals surface area contributed by atoms with Gasteiger partial charge in [0.2, 0.25) is 0 Å². The molecule has 1 aliphatic rings. The minimum Gasteiger partial charge on any atom is -0.480 e. The summed E-state index contributed by atoms with van der Waals surface area (Å²) in [5.41, 5.74) is 4.17. The summed E-state index contributed by atoms with van der Waals surface area (Å²) in [5, 5.41) is 16.1. The number of nitrogens with one attached hydrogen (secondary N) is 2. The van der Waals surface area contributed by atoms with E-state index in [2.05, 4.69) is 17.6 Å². The second-order valence-electron chi connectivity index (χ2n) is 10.9. The van der Waals surface area contributed by atoms with Gasteiger partial charge in [0.15, 0.2) is 0 Å². The molecule has 1 fully saturated rings. The molecule has 40 heavy (non-hydrogen) atoms. The van der Waals surface area contributed by atoms with Crippen LogP contribution in [0.1, 0.15) is 73.4 Å². The summed E-state index contributed by atoms with van der Waals surface area (Å²) < 4.78 is 23.2. The number of hydrogen-bond donors (Lipinski definition) is 3. The van der Waals surface area contributed by atoms with Crippen LogP contribution >= 0.6 is 11.8 Å². The van der Waals surface area contributed by atoms with E-state index in [0.29, 0.717) is 17.6 Å². The molecule has 1 aliphatic carbocycles. The number of carbonyl (C=O) groups excluding carboxylic acids is 1. The molecule has 1 saturated carbocycles. The molecule has 9 heteroatoms. The lowest BCUT2D eigenvalue weighted by molar-refractivity contribution is -0.139. The maximum Gasteiger partial charge on any atom is 0.326 e. The molecule has 2 atom stereocenters. The van der Waals surface area contributed by atoms with Crippen LogP contribution in [0.5, 0.6) is 0 Å². The molecular weight excluding hydrogens is 544 g/mol. The zero-order valence-corrected chi connectivity index (χ0v) is 25.6. The Morgan fingerprint density at radius 1 is 1.05 bits per heavy atom. The van der Waals surface area contributed by atoms with E-state index in [4.69, 9.17) is 0 Å². The maximum absolute atomic E-state index is 13.4. The molecule has 0 bridgehead atoms. The standard InChI is InChI=1S/C31H44N2O5S2/c1-4-39-21-25(32-24-11-6-5-7-12-24)16-14-23-15-17-27(28(20-23)26-13-9-8-10-22(26)2)30(34)33-29(31(35)36)18-19-40(3,37)38/h8-10,13,15,17,20,24-25,29,32H,4-7,11-12,14,16,18-19,21H2,1-3H3,(H,33,34)(H,35,36)/t25?,29-/m0/s1. The molecule has 0 saturated heterocycles. The van der Waals surface area contributed by atoms with Crippen molar-refractivity contribution in [2.75, 3.05) is 23.5 Å². The monoisotopic (exact) mass is 588 g/mol. The van der Waals surface area contributed by atoms with Gasteiger partial charge in [-0.2, -0.15) is 11.8 Å². The molecule has 0 heterocycles. The first-order valence-corrected chi connectivity index (χ1v) is 17.5. The van der Waals surface area contributed by atoms with Crippen molar-refractivity contribution in [1.29, 1.82) is 0 Å². The highest BCUT2D eigenvalue weighted by Gasteiger charge is 2.24. The van der Waals surface area contributed by atoms with Crippen LogP contribution in [0.25, 0.3) is 11.1 Å². The van der Waals surface area contributed by atoms with Gasteiger partial charge in [0, 0.05) is 29.7 Å². The molecule has 0 aliphatic heterocycles. The van der Waals surface area contributed by atoms with Crippen molar-refractivity contribution >= 4 is 33.5 Å². The van der Waals surface area contributed by atoms with E-state index in [1.807, 2.05) is 55.1 Å². The Bertz CT molecular complexity index is 1240. The van der Waals surface area contributed by atoms with Gasteiger partial charge in [0.05, 0.1) is 5.75 Å². The number of hydrogen-bond acceptors (Lipinski definition) is 6. The fourth-order valence-electron chi connectivity index (χ4n) is 5.29. The van der Waals surface area contributed by atoms with Crippen molar-refractivity contribution < 1.29 is 23.1 Å². The summed E-state index contributed by atoms with van der Waals surface area (Å²) in [6, 6.07) is 13.3. The Morgan fingerprint density at radius 3 is 2.42 bits per heavy atom. The second kappa shape index (κ2) is 15.6. The van der Waals surface area contributed by atoms with Crippen LogP contribution in [-0.2, 0) is 21.1 Å². The average Bonchev–Trinajstić information content (AvgIpc) is 2.92. The summed E-state index contributed by atoms with van der Waals surface area (Å²) in [4.78, 5) is 25.2. The van der Waals surface area contributed by atoms with E-state index in [0.717, 1.165) is 52.9 Å². The fourth-order valence-corrected chi connectivity index (χ4v) is 6.73. The molecule has 2 aromatic carbocycles. The quantitative estimate of drug-likeness (QED) is 0.260. The lowest BCUT2D eigenvalue weighted by atomic mass is 9.91. The fraction of sp³-hybridized carbons (Fsp3) is 0.548. The zero-order valence-electron chi connectivity index (χ0n) is 23.9. The number of benzene rings is 2. The molecule has 7 nitrogen and oxygen atoms in total. The van der Waals surface area contributed by atoms with Gasteiger partial charge in [-0.25, -0.2) is 13.2 Å². The minimum absolute atomic E-state index is 0.192. The van der Waals surface area contributed by atoms with E-state index >= 15 is 0 Å². The van der Waals surface area contributed by atoms with Crippen LogP contribution in [0.4, 0.5) is 0 Å². The highest BCUT2D eigenvalue weighted by Crippen LogP contribution is 2.29. The number of thioether (sulfide) groups is 1. The van der Waals surface area contributed by atoms with Crippen LogP contribution in [-0.4, -0.2) is 67.0 Å². The van der Waals surface area contributed by atoms with Crippen LogP contribution in [0.2, 0.25) is 0 Å². The summed E-state index contributed by atoms with van der Waals surface area (Å²) in [5.74, 6) is 0.0583. The molecule has 1 unspecified atom stereocenters. The van der Waals surface area contributed by atoms with Gasteiger partial charge < -0.3 is 15.7 Å². The Balaban J connectivity index is 1.83. The van der Waals surface area contributed by atoms with Crippen LogP contribution in [0, 0.1) is 6.92 Å². The van der Waals surface area contributed by atoms with E-state index in [1.54, 1.807) is 6.07 Å². The van der Waals surface area contributed by atoms with Gasteiger partial charge >= 0.3 is 5.97 Å². The topological polar surface area (TPSA) is 113 Å². The lowest BCUT2D eigenvalue weighted by Crippen LogP contribution is -2.42. The van der Waals surface area contributed by atoms with Gasteiger partial charge in [-0.1, -0.05) is 62.6 Å². The van der Waals surface area contributed by atoms with E-state index in [1.165, 1.54) is 32.1 Å². The van der Waals surface area contributed by atoms with Crippen molar-refractivity contribution in [3.63, 3.8) is 0 Å². The van der Waals surface area contributed by atoms with Gasteiger partial charge in [-0.05, 0) is 73.1 Å². The minimum atomic E-state index is -3.37. The molecule has 3 rings (SSSR count). The number of carboxylic acids is 1. The van der Waals surface area contributed by atoms with Crippen molar-refractivity contribution in [2.45, 2.75) is 83.3 Å². The van der Waals surface area contributed by atoms with Crippen molar-refractivity contribution in [3.05, 3.63) is 59.2 Å². The van der Waals surface area contributed by atoms with E-state index < -0.39 is 27.8 Å². The van der Waals surface area contributed by atoms with Crippen molar-refractivity contribution in [2.24, 2.45) is 0 Å². The van der Waals surface area contributed by atoms with E-state index in [-0.39, 0.29) is 12.2 Å². The van der Waals surface area contributed by atoms with Gasteiger partial charge in [0.1, 0.15) is 15.9 Å². The van der Waals surface area contributed by atoms with Crippen LogP contribution < -0.4 is 10.6 Å². The predicted molar refractivity (Wildman–Crippen MR) is 165 cm³/mol. The molecule has 0 radical (unpaired) electrons. The number of aryl methyl sites for hydroxylation is 2. The number of rotatable bonds is 15. The summed E-state index contributed by atoms with van der Waals surface area (Å²) in [6.45, 7) is 4.18. The molecule has 0 spiro atoms. The zero-order chi connectivity index (χ0) is 29.1. The molecule has 3 N–H and O–H groups in total. The predicted octanol–water partition coefficient (Wildman–Crippen LogP) is 5.26. The average molecular weight is 589 g/mol.